The zero-order valence-electron chi connectivity index (χ0n) is 9.07. The number of rotatable bonds is 0. The average molecular weight is 266 g/mol. The molecule has 0 spiro atoms. The number of anilines is 1. The molecule has 0 saturated heterocycles. The van der Waals surface area contributed by atoms with Crippen LogP contribution in [0.3, 0.4) is 0 Å². The minimum atomic E-state index is -4.47. The lowest BCUT2D eigenvalue weighted by Gasteiger charge is -2.18. The average Bonchev–Trinajstić information content (AvgIpc) is 2.36. The topological polar surface area (TPSA) is 21.3 Å². The van der Waals surface area contributed by atoms with Gasteiger partial charge < -0.3 is 10.1 Å². The standard InChI is InChI=1S/C11H11ClF3NO/c1-6-2-3-16-9-5-7(12)4-8(10(9)17-6)11(13,14)15/h4-6,16H,2-3H2,1H3. The molecule has 1 aromatic rings. The Morgan fingerprint density at radius 1 is 1.41 bits per heavy atom. The van der Waals surface area contributed by atoms with Crippen molar-refractivity contribution in [1.29, 1.82) is 0 Å². The number of halogens is 4. The van der Waals surface area contributed by atoms with Crippen LogP contribution in [0.1, 0.15) is 18.9 Å². The summed E-state index contributed by atoms with van der Waals surface area (Å²) in [5.74, 6) is -0.160. The second-order valence-electron chi connectivity index (χ2n) is 3.97. The molecule has 0 fully saturated rings. The first-order valence-corrected chi connectivity index (χ1v) is 5.57. The Balaban J connectivity index is 2.56. The summed E-state index contributed by atoms with van der Waals surface area (Å²) >= 11 is 5.68. The van der Waals surface area contributed by atoms with Crippen LogP contribution in [0.2, 0.25) is 5.02 Å². The van der Waals surface area contributed by atoms with Gasteiger partial charge in [-0.1, -0.05) is 11.6 Å². The molecule has 1 aliphatic rings. The number of hydrogen-bond acceptors (Lipinski definition) is 2. The minimum Gasteiger partial charge on any atom is -0.488 e. The van der Waals surface area contributed by atoms with E-state index in [0.717, 1.165) is 6.07 Å². The fourth-order valence-electron chi connectivity index (χ4n) is 1.73. The monoisotopic (exact) mass is 265 g/mol. The van der Waals surface area contributed by atoms with Gasteiger partial charge in [-0.05, 0) is 19.1 Å². The molecule has 2 nitrogen and oxygen atoms in total. The van der Waals surface area contributed by atoms with Crippen molar-refractivity contribution in [3.8, 4) is 5.75 Å². The van der Waals surface area contributed by atoms with Gasteiger partial charge in [0.15, 0.2) is 5.75 Å². The number of ether oxygens (including phenoxy) is 1. The summed E-state index contributed by atoms with van der Waals surface area (Å²) in [4.78, 5) is 0. The molecule has 0 amide bonds. The lowest BCUT2D eigenvalue weighted by molar-refractivity contribution is -0.139. The second kappa shape index (κ2) is 4.29. The van der Waals surface area contributed by atoms with E-state index in [4.69, 9.17) is 16.3 Å². The number of benzene rings is 1. The highest BCUT2D eigenvalue weighted by Crippen LogP contribution is 2.43. The first kappa shape index (κ1) is 12.4. The van der Waals surface area contributed by atoms with Crippen LogP contribution in [-0.4, -0.2) is 12.6 Å². The van der Waals surface area contributed by atoms with Crippen LogP contribution < -0.4 is 10.1 Å². The molecule has 94 valence electrons. The third-order valence-corrected chi connectivity index (χ3v) is 2.76. The van der Waals surface area contributed by atoms with Crippen LogP contribution in [0, 0.1) is 0 Å². The van der Waals surface area contributed by atoms with Gasteiger partial charge in [-0.2, -0.15) is 13.2 Å². The van der Waals surface area contributed by atoms with Crippen molar-refractivity contribution < 1.29 is 17.9 Å². The summed E-state index contributed by atoms with van der Waals surface area (Å²) in [7, 11) is 0. The lowest BCUT2D eigenvalue weighted by atomic mass is 10.1. The van der Waals surface area contributed by atoms with Crippen molar-refractivity contribution in [2.24, 2.45) is 0 Å². The van der Waals surface area contributed by atoms with Crippen molar-refractivity contribution in [2.45, 2.75) is 25.6 Å². The molecule has 1 heterocycles. The van der Waals surface area contributed by atoms with E-state index in [1.165, 1.54) is 6.07 Å². The molecule has 1 aliphatic heterocycles. The molecule has 0 aliphatic carbocycles. The first-order valence-electron chi connectivity index (χ1n) is 5.19. The van der Waals surface area contributed by atoms with Crippen LogP contribution in [0.5, 0.6) is 5.75 Å². The van der Waals surface area contributed by atoms with E-state index in [0.29, 0.717) is 18.7 Å². The highest BCUT2D eigenvalue weighted by molar-refractivity contribution is 6.31. The molecule has 17 heavy (non-hydrogen) atoms. The Labute approximate surface area is 102 Å². The Bertz CT molecular complexity index is 433. The van der Waals surface area contributed by atoms with Gasteiger partial charge in [0.05, 0.1) is 11.8 Å². The molecule has 1 atom stereocenters. The van der Waals surface area contributed by atoms with Crippen LogP contribution >= 0.6 is 11.6 Å². The Kier molecular flexibility index (Phi) is 3.12. The van der Waals surface area contributed by atoms with Crippen LogP contribution in [0.15, 0.2) is 12.1 Å². The van der Waals surface area contributed by atoms with Crippen molar-refractivity contribution in [1.82, 2.24) is 0 Å². The summed E-state index contributed by atoms with van der Waals surface area (Å²) in [6.07, 6.45) is -4.09. The van der Waals surface area contributed by atoms with E-state index in [9.17, 15) is 13.2 Å². The summed E-state index contributed by atoms with van der Waals surface area (Å²) in [5.41, 5.74) is -0.532. The minimum absolute atomic E-state index is 0.0433. The first-order chi connectivity index (χ1) is 7.88. The fraction of sp³-hybridized carbons (Fsp3) is 0.455. The van der Waals surface area contributed by atoms with Gasteiger partial charge in [-0.15, -0.1) is 0 Å². The number of fused-ring (bicyclic) bond motifs is 1. The Morgan fingerprint density at radius 2 is 2.12 bits per heavy atom. The molecular weight excluding hydrogens is 255 g/mol. The van der Waals surface area contributed by atoms with Crippen molar-refractivity contribution in [3.63, 3.8) is 0 Å². The summed E-state index contributed by atoms with van der Waals surface area (Å²) in [5, 5.41) is 2.94. The highest BCUT2D eigenvalue weighted by atomic mass is 35.5. The highest BCUT2D eigenvalue weighted by Gasteiger charge is 2.37. The number of nitrogens with one attached hydrogen (secondary N) is 1. The van der Waals surface area contributed by atoms with Gasteiger partial charge >= 0.3 is 6.18 Å². The van der Waals surface area contributed by atoms with Crippen molar-refractivity contribution in [2.75, 3.05) is 11.9 Å². The normalized spacial score (nSPS) is 19.9. The molecule has 0 saturated carbocycles. The van der Waals surface area contributed by atoms with E-state index in [-0.39, 0.29) is 16.9 Å². The van der Waals surface area contributed by atoms with Crippen LogP contribution in [-0.2, 0) is 6.18 Å². The molecule has 1 aromatic carbocycles. The van der Waals surface area contributed by atoms with E-state index in [1.807, 2.05) is 0 Å². The van der Waals surface area contributed by atoms with Gasteiger partial charge in [0.1, 0.15) is 5.56 Å². The number of alkyl halides is 3. The number of hydrogen-bond donors (Lipinski definition) is 1. The van der Waals surface area contributed by atoms with E-state index in [2.05, 4.69) is 5.32 Å². The predicted molar refractivity (Wildman–Crippen MR) is 59.7 cm³/mol. The molecule has 1 N–H and O–H groups in total. The maximum atomic E-state index is 12.8. The van der Waals surface area contributed by atoms with Crippen molar-refractivity contribution >= 4 is 17.3 Å². The van der Waals surface area contributed by atoms with Gasteiger partial charge in [-0.25, -0.2) is 0 Å². The summed E-state index contributed by atoms with van der Waals surface area (Å²) < 4.78 is 43.9. The van der Waals surface area contributed by atoms with Crippen LogP contribution in [0.4, 0.5) is 18.9 Å². The van der Waals surface area contributed by atoms with Gasteiger partial charge in [0.2, 0.25) is 0 Å². The SMILES string of the molecule is CC1CCNc2cc(Cl)cc(C(F)(F)F)c2O1. The Morgan fingerprint density at radius 3 is 2.76 bits per heavy atom. The molecule has 2 rings (SSSR count). The maximum absolute atomic E-state index is 12.8. The molecule has 1 unspecified atom stereocenters. The third-order valence-electron chi connectivity index (χ3n) is 2.54. The zero-order valence-corrected chi connectivity index (χ0v) is 9.82. The van der Waals surface area contributed by atoms with Gasteiger partial charge in [-0.3, -0.25) is 0 Å². The van der Waals surface area contributed by atoms with Crippen molar-refractivity contribution in [3.05, 3.63) is 22.7 Å². The third kappa shape index (κ3) is 2.60. The van der Waals surface area contributed by atoms with Gasteiger partial charge in [0, 0.05) is 18.0 Å². The van der Waals surface area contributed by atoms with Crippen LogP contribution in [0.25, 0.3) is 0 Å². The largest absolute Gasteiger partial charge is 0.488 e. The van der Waals surface area contributed by atoms with E-state index >= 15 is 0 Å². The molecule has 6 heteroatoms. The molecule has 0 radical (unpaired) electrons. The quantitative estimate of drug-likeness (QED) is 0.767. The summed E-state index contributed by atoms with van der Waals surface area (Å²) in [6, 6.07) is 2.34. The molecule has 0 bridgehead atoms. The lowest BCUT2D eigenvalue weighted by Crippen LogP contribution is -2.15. The predicted octanol–water partition coefficient (Wildman–Crippen LogP) is 3.94. The van der Waals surface area contributed by atoms with E-state index < -0.39 is 11.7 Å². The van der Waals surface area contributed by atoms with Gasteiger partial charge in [0.25, 0.3) is 0 Å². The molecular formula is C11H11ClF3NO. The smallest absolute Gasteiger partial charge is 0.420 e. The second-order valence-corrected chi connectivity index (χ2v) is 4.41. The van der Waals surface area contributed by atoms with E-state index in [1.54, 1.807) is 6.92 Å². The summed E-state index contributed by atoms with van der Waals surface area (Å²) in [6.45, 7) is 2.30. The fourth-order valence-corrected chi connectivity index (χ4v) is 1.95. The molecule has 0 aromatic heterocycles. The Hall–Kier alpha value is -1.10. The maximum Gasteiger partial charge on any atom is 0.420 e. The zero-order chi connectivity index (χ0) is 12.6.